The highest BCUT2D eigenvalue weighted by molar-refractivity contribution is 5.73. The van der Waals surface area contributed by atoms with Gasteiger partial charge in [-0.1, -0.05) is 49.4 Å². The number of hydroxylamine groups is 2. The molecular weight excluding hydrogens is 316 g/mol. The van der Waals surface area contributed by atoms with Crippen molar-refractivity contribution < 1.29 is 14.7 Å². The summed E-state index contributed by atoms with van der Waals surface area (Å²) in [4.78, 5) is 11.8. The number of carbonyl (C=O) groups excluding carboxylic acids is 1. The van der Waals surface area contributed by atoms with E-state index in [4.69, 9.17) is 4.74 Å². The Hall–Kier alpha value is -2.53. The van der Waals surface area contributed by atoms with Crippen molar-refractivity contribution in [1.82, 2.24) is 10.4 Å². The Morgan fingerprint density at radius 2 is 1.72 bits per heavy atom. The zero-order valence-electron chi connectivity index (χ0n) is 15.0. The molecule has 2 amide bonds. The minimum Gasteiger partial charge on any atom is -0.486 e. The van der Waals surface area contributed by atoms with Gasteiger partial charge in [0.15, 0.2) is 0 Å². The second-order valence-electron chi connectivity index (χ2n) is 5.99. The SMILES string of the molecule is CCCNC(=O)N(O)C(C)c1ccc(OC(C)c2ccccc2)cc1. The average molecular weight is 342 g/mol. The molecule has 0 radical (unpaired) electrons. The van der Waals surface area contributed by atoms with Crippen LogP contribution in [0.25, 0.3) is 0 Å². The molecule has 0 aliphatic carbocycles. The molecule has 5 nitrogen and oxygen atoms in total. The summed E-state index contributed by atoms with van der Waals surface area (Å²) in [6.07, 6.45) is 0.762. The number of carbonyl (C=O) groups is 1. The molecule has 0 heterocycles. The first kappa shape index (κ1) is 18.8. The molecule has 2 aromatic rings. The molecule has 2 rings (SSSR count). The lowest BCUT2D eigenvalue weighted by Crippen LogP contribution is -2.39. The van der Waals surface area contributed by atoms with Crippen LogP contribution in [0.5, 0.6) is 5.75 Å². The minimum absolute atomic E-state index is 0.0568. The van der Waals surface area contributed by atoms with Crippen molar-refractivity contribution >= 4 is 6.03 Å². The monoisotopic (exact) mass is 342 g/mol. The molecule has 2 atom stereocenters. The van der Waals surface area contributed by atoms with Crippen molar-refractivity contribution in [2.45, 2.75) is 39.3 Å². The van der Waals surface area contributed by atoms with Gasteiger partial charge >= 0.3 is 6.03 Å². The Morgan fingerprint density at radius 3 is 2.32 bits per heavy atom. The number of ether oxygens (including phenoxy) is 1. The molecule has 0 saturated heterocycles. The number of hydrogen-bond donors (Lipinski definition) is 2. The normalized spacial score (nSPS) is 13.0. The summed E-state index contributed by atoms with van der Waals surface area (Å²) < 4.78 is 5.94. The molecule has 134 valence electrons. The first-order chi connectivity index (χ1) is 12.0. The summed E-state index contributed by atoms with van der Waals surface area (Å²) in [5.74, 6) is 0.743. The molecule has 2 unspecified atom stereocenters. The van der Waals surface area contributed by atoms with E-state index in [1.54, 1.807) is 6.92 Å². The van der Waals surface area contributed by atoms with Crippen molar-refractivity contribution in [3.05, 3.63) is 65.7 Å². The van der Waals surface area contributed by atoms with Crippen LogP contribution in [0.3, 0.4) is 0 Å². The quantitative estimate of drug-likeness (QED) is 0.566. The van der Waals surface area contributed by atoms with E-state index in [0.717, 1.165) is 28.4 Å². The summed E-state index contributed by atoms with van der Waals surface area (Å²) in [7, 11) is 0. The van der Waals surface area contributed by atoms with Gasteiger partial charge in [0.2, 0.25) is 0 Å². The van der Waals surface area contributed by atoms with Crippen LogP contribution in [-0.4, -0.2) is 22.8 Å². The van der Waals surface area contributed by atoms with Crippen molar-refractivity contribution in [2.24, 2.45) is 0 Å². The fraction of sp³-hybridized carbons (Fsp3) is 0.350. The maximum absolute atomic E-state index is 11.8. The van der Waals surface area contributed by atoms with Crippen LogP contribution in [0.4, 0.5) is 4.79 Å². The lowest BCUT2D eigenvalue weighted by atomic mass is 10.1. The van der Waals surface area contributed by atoms with Crippen LogP contribution >= 0.6 is 0 Å². The molecule has 0 spiro atoms. The van der Waals surface area contributed by atoms with Crippen LogP contribution in [-0.2, 0) is 0 Å². The third-order valence-corrected chi connectivity index (χ3v) is 4.05. The van der Waals surface area contributed by atoms with Crippen molar-refractivity contribution in [1.29, 1.82) is 0 Å². The Labute approximate surface area is 149 Å². The lowest BCUT2D eigenvalue weighted by molar-refractivity contribution is -0.0743. The van der Waals surface area contributed by atoms with Crippen LogP contribution in [0, 0.1) is 0 Å². The molecule has 0 saturated carbocycles. The van der Waals surface area contributed by atoms with E-state index in [-0.39, 0.29) is 6.10 Å². The van der Waals surface area contributed by atoms with Gasteiger partial charge in [0.05, 0.1) is 6.04 Å². The van der Waals surface area contributed by atoms with Crippen LogP contribution in [0.2, 0.25) is 0 Å². The molecule has 0 aliphatic rings. The summed E-state index contributed by atoms with van der Waals surface area (Å²) in [6, 6.07) is 16.5. The largest absolute Gasteiger partial charge is 0.486 e. The van der Waals surface area contributed by atoms with E-state index in [9.17, 15) is 10.0 Å². The highest BCUT2D eigenvalue weighted by atomic mass is 16.5. The third kappa shape index (κ3) is 5.22. The third-order valence-electron chi connectivity index (χ3n) is 4.05. The molecule has 2 aromatic carbocycles. The molecule has 5 heteroatoms. The Kier molecular flexibility index (Phi) is 6.83. The molecule has 0 aromatic heterocycles. The molecule has 25 heavy (non-hydrogen) atoms. The van der Waals surface area contributed by atoms with Gasteiger partial charge in [0.1, 0.15) is 11.9 Å². The van der Waals surface area contributed by atoms with E-state index < -0.39 is 12.1 Å². The number of hydrogen-bond acceptors (Lipinski definition) is 3. The smallest absolute Gasteiger partial charge is 0.341 e. The molecule has 2 N–H and O–H groups in total. The van der Waals surface area contributed by atoms with Gasteiger partial charge < -0.3 is 10.1 Å². The van der Waals surface area contributed by atoms with Gasteiger partial charge in [0, 0.05) is 6.54 Å². The predicted molar refractivity (Wildman–Crippen MR) is 97.7 cm³/mol. The fourth-order valence-electron chi connectivity index (χ4n) is 2.45. The van der Waals surface area contributed by atoms with Gasteiger partial charge in [-0.3, -0.25) is 5.21 Å². The summed E-state index contributed by atoms with van der Waals surface area (Å²) in [5, 5.41) is 13.4. The van der Waals surface area contributed by atoms with Crippen LogP contribution in [0.1, 0.15) is 50.5 Å². The highest BCUT2D eigenvalue weighted by Gasteiger charge is 2.19. The first-order valence-corrected chi connectivity index (χ1v) is 8.60. The minimum atomic E-state index is -0.493. The van der Waals surface area contributed by atoms with Gasteiger partial charge in [-0.25, -0.2) is 4.79 Å². The Balaban J connectivity index is 1.98. The summed E-state index contributed by atoms with van der Waals surface area (Å²) in [5.41, 5.74) is 1.93. The van der Waals surface area contributed by atoms with E-state index >= 15 is 0 Å². The maximum Gasteiger partial charge on any atom is 0.341 e. The fourth-order valence-corrected chi connectivity index (χ4v) is 2.45. The zero-order chi connectivity index (χ0) is 18.2. The van der Waals surface area contributed by atoms with Crippen LogP contribution in [0.15, 0.2) is 54.6 Å². The summed E-state index contributed by atoms with van der Waals surface area (Å²) in [6.45, 7) is 6.26. The van der Waals surface area contributed by atoms with Crippen molar-refractivity contribution in [2.75, 3.05) is 6.54 Å². The summed E-state index contributed by atoms with van der Waals surface area (Å²) >= 11 is 0. The van der Waals surface area contributed by atoms with Crippen molar-refractivity contribution in [3.8, 4) is 5.75 Å². The number of nitrogens with one attached hydrogen (secondary N) is 1. The standard InChI is InChI=1S/C20H26N2O3/c1-4-14-21-20(23)22(24)15(2)17-10-12-19(13-11-17)25-16(3)18-8-6-5-7-9-18/h5-13,15-16,24H,4,14H2,1-3H3,(H,21,23). The van der Waals surface area contributed by atoms with Crippen LogP contribution < -0.4 is 10.1 Å². The molecule has 0 aliphatic heterocycles. The topological polar surface area (TPSA) is 61.8 Å². The molecular formula is C20H26N2O3. The lowest BCUT2D eigenvalue weighted by Gasteiger charge is -2.23. The Morgan fingerprint density at radius 1 is 1.08 bits per heavy atom. The number of rotatable bonds is 7. The zero-order valence-corrected chi connectivity index (χ0v) is 15.0. The second kappa shape index (κ2) is 9.08. The number of benzene rings is 2. The van der Waals surface area contributed by atoms with Gasteiger partial charge in [-0.2, -0.15) is 5.06 Å². The van der Waals surface area contributed by atoms with Crippen molar-refractivity contribution in [3.63, 3.8) is 0 Å². The highest BCUT2D eigenvalue weighted by Crippen LogP contribution is 2.25. The first-order valence-electron chi connectivity index (χ1n) is 8.60. The van der Waals surface area contributed by atoms with E-state index in [1.807, 2.05) is 68.4 Å². The van der Waals surface area contributed by atoms with Gasteiger partial charge in [-0.05, 0) is 43.5 Å². The van der Waals surface area contributed by atoms with Gasteiger partial charge in [-0.15, -0.1) is 0 Å². The van der Waals surface area contributed by atoms with Gasteiger partial charge in [0.25, 0.3) is 0 Å². The maximum atomic E-state index is 11.8. The number of urea groups is 1. The molecule has 0 bridgehead atoms. The number of amides is 2. The Bertz CT molecular complexity index is 658. The van der Waals surface area contributed by atoms with E-state index in [1.165, 1.54) is 0 Å². The predicted octanol–water partition coefficient (Wildman–Crippen LogP) is 4.70. The average Bonchev–Trinajstić information content (AvgIpc) is 2.66. The molecule has 0 fully saturated rings. The van der Waals surface area contributed by atoms with E-state index in [2.05, 4.69) is 5.32 Å². The number of nitrogens with zero attached hydrogens (tertiary/aromatic N) is 1. The second-order valence-corrected chi connectivity index (χ2v) is 5.99. The van der Waals surface area contributed by atoms with E-state index in [0.29, 0.717) is 6.54 Å².